The van der Waals surface area contributed by atoms with Gasteiger partial charge in [0, 0.05) is 13.1 Å². The molecule has 0 bridgehead atoms. The number of benzene rings is 3. The van der Waals surface area contributed by atoms with Gasteiger partial charge in [0.2, 0.25) is 0 Å². The number of esters is 2. The van der Waals surface area contributed by atoms with E-state index in [1.807, 2.05) is 81.4 Å². The van der Waals surface area contributed by atoms with Gasteiger partial charge in [-0.1, -0.05) is 106 Å². The van der Waals surface area contributed by atoms with Crippen LogP contribution < -0.4 is 15.2 Å². The minimum atomic E-state index is -4.72. The average molecular weight is 1350 g/mol. The van der Waals surface area contributed by atoms with Gasteiger partial charge in [-0.3, -0.25) is 0 Å². The molecule has 3 aromatic rings. The van der Waals surface area contributed by atoms with Crippen molar-refractivity contribution in [3.8, 4) is 0 Å². The molecule has 6 rings (SSSR count). The molecule has 3 aliphatic rings. The fourth-order valence-electron chi connectivity index (χ4n) is 10.2. The number of amides is 1. The van der Waals surface area contributed by atoms with Gasteiger partial charge in [0.15, 0.2) is 0 Å². The zero-order valence-electron chi connectivity index (χ0n) is 52.6. The van der Waals surface area contributed by atoms with E-state index in [1.54, 1.807) is 35.2 Å². The minimum absolute atomic E-state index is 0.0476. The second-order valence-electron chi connectivity index (χ2n) is 21.4. The van der Waals surface area contributed by atoms with Gasteiger partial charge >= 0.3 is 376 Å². The summed E-state index contributed by atoms with van der Waals surface area (Å²) in [5, 5.41) is 36.3. The molecule has 0 aliphatic carbocycles. The molecule has 34 heteroatoms. The Morgan fingerprint density at radius 2 is 1.17 bits per heavy atom. The molecule has 1 N–H and O–H groups in total. The third kappa shape index (κ3) is 24.2. The van der Waals surface area contributed by atoms with Crippen LogP contribution in [0.25, 0.3) is 10.4 Å². The van der Waals surface area contributed by atoms with Gasteiger partial charge in [0.1, 0.15) is 6.61 Å². The Balaban J connectivity index is 1.32. The zero-order valence-corrected chi connectivity index (χ0v) is 54.3. The summed E-state index contributed by atoms with van der Waals surface area (Å²) in [5.41, 5.74) is 12.6. The van der Waals surface area contributed by atoms with Crippen LogP contribution in [0.5, 0.6) is 0 Å². The Morgan fingerprint density at radius 1 is 0.645 bits per heavy atom. The van der Waals surface area contributed by atoms with Crippen molar-refractivity contribution in [1.29, 1.82) is 0 Å². The molecule has 512 valence electrons. The number of methoxy groups -OCH3 is 2. The number of unbranched alkanes of at least 4 members (excludes halogenated alkanes) is 5. The average Bonchev–Trinajstić information content (AvgIpc) is 0.796. The predicted octanol–water partition coefficient (Wildman–Crippen LogP) is 4.72. The topological polar surface area (TPSA) is 362 Å². The normalized spacial score (nSPS) is 26.4. The quantitative estimate of drug-likeness (QED) is 0.00765. The first kappa shape index (κ1) is 76.9. The molecular formula is C59H82B2N5O25PS-2. The van der Waals surface area contributed by atoms with Gasteiger partial charge in [-0.05, 0) is 30.4 Å². The molecular weight excluding hydrogens is 1260 g/mol. The summed E-state index contributed by atoms with van der Waals surface area (Å²) in [7, 11) is 3.20. The van der Waals surface area contributed by atoms with Gasteiger partial charge in [-0.15, -0.1) is 0 Å². The van der Waals surface area contributed by atoms with Crippen molar-refractivity contribution in [2.45, 2.75) is 190 Å². The molecule has 2 radical (unpaired) electrons. The first-order valence-electron chi connectivity index (χ1n) is 30.7. The van der Waals surface area contributed by atoms with Gasteiger partial charge in [-0.2, -0.15) is 0 Å². The van der Waals surface area contributed by atoms with Crippen LogP contribution in [-0.4, -0.2) is 191 Å². The van der Waals surface area contributed by atoms with Crippen molar-refractivity contribution < 1.29 is 119 Å². The van der Waals surface area contributed by atoms with Crippen LogP contribution in [0.2, 0.25) is 0 Å². The standard InChI is InChI=1S/C59H84B2N5O25PS/c1-6-9-31-76-46-47(77-32-10-7-2)53(88-91-71)58(86-50(46)54(67)74-4)83-44-42(38-81-93(72,73)63-35-39-24-16-12-17-25-39)82-56(43(64-65-62)45(44)89-92-61-60)84-49-48(78-33-11-8-3)52(87-90-70)57(85-51(49)55(68)75-5)79-34-23-15-22-30-66(36-40-26-18-13-19-27-40)59(69)80-37-41-28-20-14-21-29-41/h12-14,16-21,24-29,42-53,56-58,63,70-71H,6-11,15,22-23,30-38H2,1-5H3/p-2/t42?,43?,44-,45-,46+,47-,48-,49+,50?,51?,52?,53?,56-,57+,58-/m1/s1. The van der Waals surface area contributed by atoms with Crippen LogP contribution >= 0.6 is 8.30 Å². The maximum absolute atomic E-state index is 14.1. The van der Waals surface area contributed by atoms with Gasteiger partial charge in [0.05, 0.1) is 0 Å². The number of rotatable bonds is 42. The van der Waals surface area contributed by atoms with Crippen LogP contribution in [0.3, 0.4) is 0 Å². The second kappa shape index (κ2) is 42.4. The number of carbonyl (C=O) groups excluding carboxylic acids is 3. The number of hydrogen-bond donors (Lipinski definition) is 1. The molecule has 0 aromatic heterocycles. The van der Waals surface area contributed by atoms with E-state index in [1.165, 1.54) is 0 Å². The van der Waals surface area contributed by atoms with Crippen LogP contribution in [0, 0.1) is 0 Å². The number of carbonyl (C=O) groups is 3. The Kier molecular flexibility index (Phi) is 35.0. The molecule has 3 aliphatic heterocycles. The van der Waals surface area contributed by atoms with E-state index in [4.69, 9.17) is 83.1 Å². The summed E-state index contributed by atoms with van der Waals surface area (Å²) >= 11 is 0. The molecule has 1 amide bonds. The Labute approximate surface area is 544 Å². The fraction of sp³-hybridized carbons (Fsp3) is 0.644. The third-order valence-corrected chi connectivity index (χ3v) is 16.4. The van der Waals surface area contributed by atoms with Crippen molar-refractivity contribution in [1.82, 2.24) is 9.62 Å². The second-order valence-corrected chi connectivity index (χ2v) is 23.6. The van der Waals surface area contributed by atoms with E-state index < -0.39 is 127 Å². The molecule has 3 heterocycles. The summed E-state index contributed by atoms with van der Waals surface area (Å²) in [6.45, 7) is 6.23. The Morgan fingerprint density at radius 3 is 1.74 bits per heavy atom. The van der Waals surface area contributed by atoms with Gasteiger partial charge in [-0.25, -0.2) is 4.79 Å². The maximum atomic E-state index is 14.1. The van der Waals surface area contributed by atoms with E-state index in [0.29, 0.717) is 69.9 Å². The monoisotopic (exact) mass is 1350 g/mol. The molecule has 3 fully saturated rings. The SMILES string of the molecule is [B]B=PO[C@@H]1C(N=[N+]=[N-])[C@@H](O[C@@H]2C(C(=O)OC)O[C@H](OCCCCCN(Cc3ccccc3)C(=O)OCc3ccccc3)C(OO[O-])[C@@H]2OCCCC)OC(COS(=O)(=O)NCc2ccccc2)[C@H]1O[C@@H]1OC(C(=O)OC)[C@@H](OCCCC)[C@@H](OCCCC)C1OO[O-]. The summed E-state index contributed by atoms with van der Waals surface area (Å²) < 4.78 is 115. The van der Waals surface area contributed by atoms with E-state index in [-0.39, 0.29) is 54.4 Å². The number of hydrogen-bond acceptors (Lipinski definition) is 26. The van der Waals surface area contributed by atoms with Crippen molar-refractivity contribution in [2.24, 2.45) is 5.11 Å². The Hall–Kier alpha value is -5.16. The summed E-state index contributed by atoms with van der Waals surface area (Å²) in [6.07, 6.45) is -19.4. The van der Waals surface area contributed by atoms with Gasteiger partial charge < -0.3 is 9.64 Å². The van der Waals surface area contributed by atoms with Gasteiger partial charge in [0.25, 0.3) is 0 Å². The summed E-state index contributed by atoms with van der Waals surface area (Å²) in [5.74, 6) is -2.03. The van der Waals surface area contributed by atoms with Crippen LogP contribution in [-0.2, 0) is 125 Å². The first-order valence-corrected chi connectivity index (χ1v) is 33.0. The third-order valence-electron chi connectivity index (χ3n) is 14.9. The van der Waals surface area contributed by atoms with Crippen molar-refractivity contribution >= 4 is 50.9 Å². The molecule has 3 saturated heterocycles. The number of azide groups is 1. The molecule has 3 aromatic carbocycles. The summed E-state index contributed by atoms with van der Waals surface area (Å²) in [6, 6.07) is 25.4. The molecule has 6 unspecified atom stereocenters. The van der Waals surface area contributed by atoms with E-state index in [9.17, 15) is 38.8 Å². The number of nitrogens with one attached hydrogen (secondary N) is 1. The van der Waals surface area contributed by atoms with E-state index >= 15 is 0 Å². The Bertz CT molecular complexity index is 2820. The van der Waals surface area contributed by atoms with Crippen molar-refractivity contribution in [3.63, 3.8) is 0 Å². The van der Waals surface area contributed by atoms with Crippen molar-refractivity contribution in [2.75, 3.05) is 53.8 Å². The molecule has 15 atom stereocenters. The number of ether oxygens (including phenoxy) is 12. The summed E-state index contributed by atoms with van der Waals surface area (Å²) in [4.78, 5) is 56.5. The molecule has 0 saturated carbocycles. The molecule has 0 spiro atoms. The van der Waals surface area contributed by atoms with E-state index in [0.717, 1.165) is 31.9 Å². The van der Waals surface area contributed by atoms with Crippen molar-refractivity contribution in [3.05, 3.63) is 118 Å². The van der Waals surface area contributed by atoms with Crippen LogP contribution in [0.1, 0.15) is 95.2 Å². The van der Waals surface area contributed by atoms with Crippen LogP contribution in [0.4, 0.5) is 4.79 Å². The predicted molar refractivity (Wildman–Crippen MR) is 323 cm³/mol. The van der Waals surface area contributed by atoms with Crippen LogP contribution in [0.15, 0.2) is 96.1 Å². The first-order chi connectivity index (χ1) is 45.3. The zero-order chi connectivity index (χ0) is 66.8. The number of nitrogens with zero attached hydrogens (tertiary/aromatic N) is 4. The molecule has 30 nitrogen and oxygen atoms in total. The van der Waals surface area contributed by atoms with E-state index in [2.05, 4.69) is 24.8 Å². The fourth-order valence-corrected chi connectivity index (χ4v) is 11.4. The molecule has 93 heavy (non-hydrogen) atoms.